The van der Waals surface area contributed by atoms with Crippen molar-refractivity contribution in [2.45, 2.75) is 13.1 Å². The van der Waals surface area contributed by atoms with Crippen LogP contribution < -0.4 is 10.9 Å². The molecular weight excluding hydrogens is 304 g/mol. The lowest BCUT2D eigenvalue weighted by molar-refractivity contribution is -0.121. The molecule has 1 amide bonds. The molecule has 0 aliphatic heterocycles. The second kappa shape index (κ2) is 7.32. The van der Waals surface area contributed by atoms with Crippen molar-refractivity contribution >= 4 is 5.91 Å². The van der Waals surface area contributed by atoms with Crippen molar-refractivity contribution in [1.82, 2.24) is 19.9 Å². The SMILES string of the molecule is O=C(Cn1cc(-c2ccccc2)ncc1=O)NCc1ccccn1. The Morgan fingerprint density at radius 3 is 2.58 bits per heavy atom. The van der Waals surface area contributed by atoms with Crippen molar-refractivity contribution in [2.75, 3.05) is 0 Å². The van der Waals surface area contributed by atoms with Crippen molar-refractivity contribution in [2.24, 2.45) is 0 Å². The summed E-state index contributed by atoms with van der Waals surface area (Å²) in [6.45, 7) is 0.263. The van der Waals surface area contributed by atoms with Crippen molar-refractivity contribution in [3.05, 3.63) is 83.2 Å². The average molecular weight is 320 g/mol. The highest BCUT2D eigenvalue weighted by Gasteiger charge is 2.07. The summed E-state index contributed by atoms with van der Waals surface area (Å²) < 4.78 is 1.35. The molecule has 0 fully saturated rings. The highest BCUT2D eigenvalue weighted by atomic mass is 16.2. The molecule has 0 radical (unpaired) electrons. The Labute approximate surface area is 138 Å². The van der Waals surface area contributed by atoms with E-state index in [1.807, 2.05) is 48.5 Å². The van der Waals surface area contributed by atoms with Crippen LogP contribution in [0.15, 0.2) is 71.9 Å². The molecule has 3 rings (SSSR count). The number of hydrogen-bond acceptors (Lipinski definition) is 4. The monoisotopic (exact) mass is 320 g/mol. The van der Waals surface area contributed by atoms with E-state index in [2.05, 4.69) is 15.3 Å². The Balaban J connectivity index is 1.70. The topological polar surface area (TPSA) is 76.9 Å². The molecule has 6 heteroatoms. The highest BCUT2D eigenvalue weighted by Crippen LogP contribution is 2.13. The quantitative estimate of drug-likeness (QED) is 0.775. The lowest BCUT2D eigenvalue weighted by Gasteiger charge is -2.08. The molecule has 1 N–H and O–H groups in total. The van der Waals surface area contributed by atoms with E-state index in [1.165, 1.54) is 10.8 Å². The number of carbonyl (C=O) groups is 1. The summed E-state index contributed by atoms with van der Waals surface area (Å²) in [4.78, 5) is 32.3. The molecule has 2 heterocycles. The Bertz CT molecular complexity index is 876. The fourth-order valence-electron chi connectivity index (χ4n) is 2.23. The standard InChI is InChI=1S/C18H16N4O2/c23-17(21-10-15-8-4-5-9-19-15)13-22-12-16(20-11-18(22)24)14-6-2-1-3-7-14/h1-9,11-12H,10,13H2,(H,21,23). The summed E-state index contributed by atoms with van der Waals surface area (Å²) in [5, 5.41) is 2.75. The molecule has 1 aromatic carbocycles. The number of benzene rings is 1. The number of aromatic nitrogens is 3. The van der Waals surface area contributed by atoms with Gasteiger partial charge in [-0.15, -0.1) is 0 Å². The molecule has 3 aromatic rings. The molecule has 0 unspecified atom stereocenters. The third kappa shape index (κ3) is 3.92. The maximum Gasteiger partial charge on any atom is 0.269 e. The lowest BCUT2D eigenvalue weighted by atomic mass is 10.2. The van der Waals surface area contributed by atoms with Gasteiger partial charge in [-0.2, -0.15) is 0 Å². The molecule has 24 heavy (non-hydrogen) atoms. The Morgan fingerprint density at radius 2 is 1.83 bits per heavy atom. The second-order valence-corrected chi connectivity index (χ2v) is 5.20. The zero-order valence-electron chi connectivity index (χ0n) is 12.9. The summed E-state index contributed by atoms with van der Waals surface area (Å²) in [6, 6.07) is 15.0. The van der Waals surface area contributed by atoms with Crippen LogP contribution in [0.5, 0.6) is 0 Å². The van der Waals surface area contributed by atoms with Gasteiger partial charge >= 0.3 is 0 Å². The van der Waals surface area contributed by atoms with Gasteiger partial charge in [0.05, 0.1) is 24.1 Å². The smallest absolute Gasteiger partial charge is 0.269 e. The zero-order valence-corrected chi connectivity index (χ0v) is 12.9. The van der Waals surface area contributed by atoms with Crippen molar-refractivity contribution in [3.63, 3.8) is 0 Å². The van der Waals surface area contributed by atoms with Gasteiger partial charge in [0.25, 0.3) is 5.56 Å². The van der Waals surface area contributed by atoms with E-state index < -0.39 is 0 Å². The van der Waals surface area contributed by atoms with Crippen molar-refractivity contribution in [1.29, 1.82) is 0 Å². The van der Waals surface area contributed by atoms with Crippen molar-refractivity contribution in [3.8, 4) is 11.3 Å². The molecule has 0 aliphatic rings. The van der Waals surface area contributed by atoms with Crippen LogP contribution in [-0.4, -0.2) is 20.4 Å². The number of carbonyl (C=O) groups excluding carboxylic acids is 1. The van der Waals surface area contributed by atoms with Gasteiger partial charge in [0, 0.05) is 18.0 Å². The minimum Gasteiger partial charge on any atom is -0.349 e. The van der Waals surface area contributed by atoms with Crippen LogP contribution in [0, 0.1) is 0 Å². The van der Waals surface area contributed by atoms with E-state index in [9.17, 15) is 9.59 Å². The zero-order chi connectivity index (χ0) is 16.8. The molecule has 120 valence electrons. The number of nitrogens with zero attached hydrogens (tertiary/aromatic N) is 3. The fraction of sp³-hybridized carbons (Fsp3) is 0.111. The van der Waals surface area contributed by atoms with Crippen LogP contribution in [0.1, 0.15) is 5.69 Å². The van der Waals surface area contributed by atoms with E-state index in [0.29, 0.717) is 12.2 Å². The number of nitrogens with one attached hydrogen (secondary N) is 1. The predicted molar refractivity (Wildman–Crippen MR) is 90.0 cm³/mol. The average Bonchev–Trinajstić information content (AvgIpc) is 2.63. The molecule has 6 nitrogen and oxygen atoms in total. The molecule has 0 atom stereocenters. The highest BCUT2D eigenvalue weighted by molar-refractivity contribution is 5.75. The van der Waals surface area contributed by atoms with Crippen LogP contribution >= 0.6 is 0 Å². The Hall–Kier alpha value is -3.28. The van der Waals surface area contributed by atoms with Crippen LogP contribution in [0.2, 0.25) is 0 Å². The molecule has 0 spiro atoms. The van der Waals surface area contributed by atoms with Crippen LogP contribution in [0.25, 0.3) is 11.3 Å². The second-order valence-electron chi connectivity index (χ2n) is 5.20. The maximum atomic E-state index is 12.1. The third-order valence-electron chi connectivity index (χ3n) is 3.45. The number of hydrogen-bond donors (Lipinski definition) is 1. The molecule has 0 saturated heterocycles. The summed E-state index contributed by atoms with van der Waals surface area (Å²) in [5.41, 5.74) is 1.98. The van der Waals surface area contributed by atoms with E-state index in [4.69, 9.17) is 0 Å². The third-order valence-corrected chi connectivity index (χ3v) is 3.45. The predicted octanol–water partition coefficient (Wildman–Crippen LogP) is 1.62. The van der Waals surface area contributed by atoms with Crippen molar-refractivity contribution < 1.29 is 4.79 Å². The molecule has 2 aromatic heterocycles. The summed E-state index contributed by atoms with van der Waals surface area (Å²) >= 11 is 0. The van der Waals surface area contributed by atoms with Gasteiger partial charge in [-0.25, -0.2) is 4.98 Å². The maximum absolute atomic E-state index is 12.1. The largest absolute Gasteiger partial charge is 0.349 e. The first kappa shape index (κ1) is 15.6. The molecule has 0 bridgehead atoms. The van der Waals surface area contributed by atoms with E-state index in [1.54, 1.807) is 12.4 Å². The fourth-order valence-corrected chi connectivity index (χ4v) is 2.23. The first-order valence-electron chi connectivity index (χ1n) is 7.51. The van der Waals surface area contributed by atoms with Gasteiger partial charge in [-0.05, 0) is 12.1 Å². The van der Waals surface area contributed by atoms with Gasteiger partial charge in [-0.1, -0.05) is 36.4 Å². The van der Waals surface area contributed by atoms with Gasteiger partial charge in [0.2, 0.25) is 5.91 Å². The normalized spacial score (nSPS) is 10.3. The minimum absolute atomic E-state index is 0.0615. The first-order chi connectivity index (χ1) is 11.7. The Kier molecular flexibility index (Phi) is 4.76. The first-order valence-corrected chi connectivity index (χ1v) is 7.51. The summed E-state index contributed by atoms with van der Waals surface area (Å²) in [6.07, 6.45) is 4.49. The van der Waals surface area contributed by atoms with Crippen LogP contribution in [-0.2, 0) is 17.9 Å². The van der Waals surface area contributed by atoms with Gasteiger partial charge in [0.1, 0.15) is 6.54 Å². The number of rotatable bonds is 5. The number of amides is 1. The molecule has 0 saturated carbocycles. The van der Waals surface area contributed by atoms with Crippen LogP contribution in [0.3, 0.4) is 0 Å². The minimum atomic E-state index is -0.317. The number of pyridine rings is 1. The van der Waals surface area contributed by atoms with Gasteiger partial charge in [0.15, 0.2) is 0 Å². The molecule has 0 aliphatic carbocycles. The van der Waals surface area contributed by atoms with E-state index in [0.717, 1.165) is 11.3 Å². The van der Waals surface area contributed by atoms with E-state index in [-0.39, 0.29) is 18.0 Å². The lowest BCUT2D eigenvalue weighted by Crippen LogP contribution is -2.32. The van der Waals surface area contributed by atoms with E-state index >= 15 is 0 Å². The Morgan fingerprint density at radius 1 is 1.04 bits per heavy atom. The summed E-state index contributed by atoms with van der Waals surface area (Å²) in [5.74, 6) is -0.257. The molecular formula is C18H16N4O2. The van der Waals surface area contributed by atoms with Crippen LogP contribution in [0.4, 0.5) is 0 Å². The van der Waals surface area contributed by atoms with Gasteiger partial charge in [-0.3, -0.25) is 14.6 Å². The summed E-state index contributed by atoms with van der Waals surface area (Å²) in [7, 11) is 0. The van der Waals surface area contributed by atoms with Gasteiger partial charge < -0.3 is 9.88 Å².